The zero-order valence-electron chi connectivity index (χ0n) is 10.1. The lowest BCUT2D eigenvalue weighted by Gasteiger charge is -2.06. The third kappa shape index (κ3) is 3.33. The highest BCUT2D eigenvalue weighted by Gasteiger charge is 2.14. The normalized spacial score (nSPS) is 10.4. The number of nitrogen functional groups attached to an aromatic ring is 1. The van der Waals surface area contributed by atoms with Crippen molar-refractivity contribution in [2.24, 2.45) is 0 Å². The van der Waals surface area contributed by atoms with E-state index in [0.717, 1.165) is 4.47 Å². The van der Waals surface area contributed by atoms with Crippen molar-refractivity contribution in [1.29, 1.82) is 0 Å². The van der Waals surface area contributed by atoms with Crippen molar-refractivity contribution in [3.63, 3.8) is 0 Å². The van der Waals surface area contributed by atoms with Crippen LogP contribution in [0.1, 0.15) is 16.2 Å². The molecule has 0 saturated heterocycles. The molecule has 2 aromatic rings. The van der Waals surface area contributed by atoms with E-state index in [2.05, 4.69) is 26.4 Å². The quantitative estimate of drug-likeness (QED) is 0.842. The molecule has 1 aromatic carbocycles. The molecule has 0 atom stereocenters. The first-order chi connectivity index (χ1) is 9.10. The summed E-state index contributed by atoms with van der Waals surface area (Å²) in [5.41, 5.74) is 6.97. The number of hydrogen-bond donors (Lipinski definition) is 2. The van der Waals surface area contributed by atoms with Crippen LogP contribution in [0.4, 0.5) is 11.4 Å². The third-order valence-corrected chi connectivity index (χ3v) is 3.01. The van der Waals surface area contributed by atoms with E-state index in [-0.39, 0.29) is 18.2 Å². The van der Waals surface area contributed by atoms with Gasteiger partial charge >= 0.3 is 0 Å². The topological polar surface area (TPSA) is 90.4 Å². The molecule has 0 saturated carbocycles. The number of nitrogens with zero attached hydrogens (tertiary/aromatic N) is 1. The second kappa shape index (κ2) is 5.85. The van der Waals surface area contributed by atoms with Crippen LogP contribution in [0.2, 0.25) is 0 Å². The molecule has 1 heterocycles. The van der Waals surface area contributed by atoms with Crippen LogP contribution in [0.25, 0.3) is 0 Å². The summed E-state index contributed by atoms with van der Waals surface area (Å²) in [6.07, 6.45) is 0. The van der Waals surface area contributed by atoms with Gasteiger partial charge in [0.05, 0.1) is 5.69 Å². The molecule has 0 unspecified atom stereocenters. The molecule has 19 heavy (non-hydrogen) atoms. The lowest BCUT2D eigenvalue weighted by atomic mass is 10.2. The zero-order chi connectivity index (χ0) is 13.8. The largest absolute Gasteiger partial charge is 0.399 e. The van der Waals surface area contributed by atoms with Gasteiger partial charge in [-0.1, -0.05) is 5.16 Å². The van der Waals surface area contributed by atoms with Crippen molar-refractivity contribution in [3.8, 4) is 0 Å². The highest BCUT2D eigenvalue weighted by atomic mass is 79.9. The van der Waals surface area contributed by atoms with E-state index in [0.29, 0.717) is 17.1 Å². The number of methoxy groups -OCH3 is 1. The molecule has 0 aliphatic heterocycles. The molecule has 100 valence electrons. The second-order valence-corrected chi connectivity index (χ2v) is 4.66. The van der Waals surface area contributed by atoms with Crippen LogP contribution >= 0.6 is 15.9 Å². The first-order valence-corrected chi connectivity index (χ1v) is 6.20. The Labute approximate surface area is 118 Å². The fourth-order valence-corrected chi connectivity index (χ4v) is 1.80. The van der Waals surface area contributed by atoms with E-state index < -0.39 is 0 Å². The summed E-state index contributed by atoms with van der Waals surface area (Å²) < 4.78 is 10.6. The summed E-state index contributed by atoms with van der Waals surface area (Å²) in [5, 5.41) is 6.36. The number of halogens is 1. The molecule has 1 amide bonds. The highest BCUT2D eigenvalue weighted by Crippen LogP contribution is 2.25. The highest BCUT2D eigenvalue weighted by molar-refractivity contribution is 9.10. The van der Waals surface area contributed by atoms with Crippen molar-refractivity contribution < 1.29 is 14.1 Å². The lowest BCUT2D eigenvalue weighted by molar-refractivity contribution is 0.101. The van der Waals surface area contributed by atoms with Gasteiger partial charge in [0, 0.05) is 23.3 Å². The average Bonchev–Trinajstić information content (AvgIpc) is 2.83. The molecule has 0 bridgehead atoms. The summed E-state index contributed by atoms with van der Waals surface area (Å²) >= 11 is 3.33. The number of anilines is 2. The van der Waals surface area contributed by atoms with E-state index in [1.54, 1.807) is 18.2 Å². The van der Waals surface area contributed by atoms with Crippen LogP contribution < -0.4 is 11.1 Å². The number of nitrogens with two attached hydrogens (primary N) is 1. The van der Waals surface area contributed by atoms with Gasteiger partial charge in [-0.15, -0.1) is 0 Å². The Morgan fingerprint density at radius 2 is 2.32 bits per heavy atom. The van der Waals surface area contributed by atoms with Crippen LogP contribution in [-0.2, 0) is 11.3 Å². The fraction of sp³-hybridized carbons (Fsp3) is 0.167. The Kier molecular flexibility index (Phi) is 4.18. The van der Waals surface area contributed by atoms with Crippen LogP contribution in [-0.4, -0.2) is 18.2 Å². The number of aromatic nitrogens is 1. The molecule has 6 nitrogen and oxygen atoms in total. The van der Waals surface area contributed by atoms with E-state index in [1.165, 1.54) is 13.2 Å². The van der Waals surface area contributed by atoms with Gasteiger partial charge in [-0.2, -0.15) is 0 Å². The summed E-state index contributed by atoms with van der Waals surface area (Å²) in [5.74, 6) is 0.108. The number of hydrogen-bond acceptors (Lipinski definition) is 5. The maximum Gasteiger partial charge on any atom is 0.277 e. The molecule has 0 fully saturated rings. The van der Waals surface area contributed by atoms with Gasteiger partial charge < -0.3 is 20.3 Å². The lowest BCUT2D eigenvalue weighted by Crippen LogP contribution is -2.12. The predicted molar refractivity (Wildman–Crippen MR) is 73.7 cm³/mol. The number of carbonyl (C=O) groups is 1. The SMILES string of the molecule is COCc1cc(C(=O)Nc2cc(N)ccc2Br)no1. The molecular weight excluding hydrogens is 314 g/mol. The van der Waals surface area contributed by atoms with Gasteiger partial charge in [-0.25, -0.2) is 0 Å². The van der Waals surface area contributed by atoms with E-state index in [1.807, 2.05) is 0 Å². The van der Waals surface area contributed by atoms with Crippen LogP contribution in [0.15, 0.2) is 33.3 Å². The second-order valence-electron chi connectivity index (χ2n) is 3.80. The monoisotopic (exact) mass is 325 g/mol. The Hall–Kier alpha value is -1.86. The third-order valence-electron chi connectivity index (χ3n) is 2.32. The number of benzene rings is 1. The molecule has 2 rings (SSSR count). The van der Waals surface area contributed by atoms with Gasteiger partial charge in [-0.05, 0) is 34.1 Å². The molecule has 0 aliphatic rings. The van der Waals surface area contributed by atoms with Crippen molar-refractivity contribution in [3.05, 3.63) is 40.2 Å². The van der Waals surface area contributed by atoms with Gasteiger partial charge in [0.1, 0.15) is 6.61 Å². The average molecular weight is 326 g/mol. The Morgan fingerprint density at radius 3 is 3.05 bits per heavy atom. The zero-order valence-corrected chi connectivity index (χ0v) is 11.7. The molecule has 3 N–H and O–H groups in total. The van der Waals surface area contributed by atoms with Crippen molar-refractivity contribution >= 4 is 33.2 Å². The maximum atomic E-state index is 12.0. The van der Waals surface area contributed by atoms with Gasteiger partial charge in [0.15, 0.2) is 11.5 Å². The molecule has 7 heteroatoms. The minimum atomic E-state index is -0.377. The Balaban J connectivity index is 2.13. The summed E-state index contributed by atoms with van der Waals surface area (Å²) in [4.78, 5) is 12.0. The number of ether oxygens (including phenoxy) is 1. The molecule has 0 aliphatic carbocycles. The van der Waals surface area contributed by atoms with Crippen LogP contribution in [0, 0.1) is 0 Å². The molecule has 1 aromatic heterocycles. The van der Waals surface area contributed by atoms with Crippen molar-refractivity contribution in [2.75, 3.05) is 18.2 Å². The molecule has 0 spiro atoms. The van der Waals surface area contributed by atoms with Gasteiger partial charge in [-0.3, -0.25) is 4.79 Å². The van der Waals surface area contributed by atoms with Crippen molar-refractivity contribution in [1.82, 2.24) is 5.16 Å². The number of carbonyl (C=O) groups excluding carboxylic acids is 1. The van der Waals surface area contributed by atoms with E-state index in [4.69, 9.17) is 15.0 Å². The standard InChI is InChI=1S/C12H12BrN3O3/c1-18-6-8-5-11(16-19-8)12(17)15-10-4-7(14)2-3-9(10)13/h2-5H,6,14H2,1H3,(H,15,17). The predicted octanol–water partition coefficient (Wildman–Crippen LogP) is 2.42. The summed E-state index contributed by atoms with van der Waals surface area (Å²) in [7, 11) is 1.53. The Bertz CT molecular complexity index is 598. The molecular formula is C12H12BrN3O3. The molecule has 0 radical (unpaired) electrons. The first kappa shape index (κ1) is 13.6. The van der Waals surface area contributed by atoms with Crippen LogP contribution in [0.3, 0.4) is 0 Å². The summed E-state index contributed by atoms with van der Waals surface area (Å²) in [6.45, 7) is 0.266. The first-order valence-electron chi connectivity index (χ1n) is 5.41. The fourth-order valence-electron chi connectivity index (χ4n) is 1.46. The summed E-state index contributed by atoms with van der Waals surface area (Å²) in [6, 6.07) is 6.66. The maximum absolute atomic E-state index is 12.0. The number of rotatable bonds is 4. The Morgan fingerprint density at radius 1 is 1.53 bits per heavy atom. The minimum Gasteiger partial charge on any atom is -0.399 e. The van der Waals surface area contributed by atoms with Crippen molar-refractivity contribution in [2.45, 2.75) is 6.61 Å². The van der Waals surface area contributed by atoms with E-state index in [9.17, 15) is 4.79 Å². The number of amides is 1. The van der Waals surface area contributed by atoms with E-state index >= 15 is 0 Å². The van der Waals surface area contributed by atoms with Gasteiger partial charge in [0.25, 0.3) is 5.91 Å². The van der Waals surface area contributed by atoms with Gasteiger partial charge in [0.2, 0.25) is 0 Å². The minimum absolute atomic E-state index is 0.182. The smallest absolute Gasteiger partial charge is 0.277 e. The van der Waals surface area contributed by atoms with Crippen LogP contribution in [0.5, 0.6) is 0 Å². The number of nitrogens with one attached hydrogen (secondary N) is 1.